The first kappa shape index (κ1) is 28.8. The van der Waals surface area contributed by atoms with E-state index in [1.54, 1.807) is 0 Å². The molecule has 2 saturated heterocycles. The molecule has 212 valence electrons. The number of benzene rings is 1. The maximum atomic E-state index is 13.1. The largest absolute Gasteiger partial charge is 0.416 e. The van der Waals surface area contributed by atoms with Gasteiger partial charge in [-0.15, -0.1) is 0 Å². The van der Waals surface area contributed by atoms with Crippen LogP contribution in [-0.4, -0.2) is 63.7 Å². The van der Waals surface area contributed by atoms with Crippen molar-refractivity contribution in [1.29, 1.82) is 0 Å². The van der Waals surface area contributed by atoms with Crippen LogP contribution in [0, 0.1) is 5.92 Å². The van der Waals surface area contributed by atoms with Gasteiger partial charge in [-0.3, -0.25) is 9.59 Å². The molecule has 1 atom stereocenters. The van der Waals surface area contributed by atoms with Gasteiger partial charge in [0.1, 0.15) is 0 Å². The van der Waals surface area contributed by atoms with E-state index in [9.17, 15) is 31.2 Å². The van der Waals surface area contributed by atoms with Crippen molar-refractivity contribution in [3.63, 3.8) is 0 Å². The number of anilines is 2. The smallest absolute Gasteiger partial charge is 0.355 e. The maximum absolute atomic E-state index is 13.1. The summed E-state index contributed by atoms with van der Waals surface area (Å²) in [5, 5.41) is 8.92. The average molecular weight is 568 g/mol. The van der Waals surface area contributed by atoms with Crippen LogP contribution in [0.4, 0.5) is 24.7 Å². The summed E-state index contributed by atoms with van der Waals surface area (Å²) in [6, 6.07) is 5.40. The molecule has 0 spiro atoms. The normalized spacial score (nSPS) is 19.0. The Morgan fingerprint density at radius 1 is 1.15 bits per heavy atom. The van der Waals surface area contributed by atoms with Gasteiger partial charge in [-0.1, -0.05) is 6.07 Å². The number of carbonyl (C=O) groups excluding carboxylic acids is 2. The summed E-state index contributed by atoms with van der Waals surface area (Å²) in [6.45, 7) is 2.77. The third-order valence-corrected chi connectivity index (χ3v) is 8.10. The highest BCUT2D eigenvalue weighted by Gasteiger charge is 2.31. The lowest BCUT2D eigenvalue weighted by Gasteiger charge is -2.34. The Morgan fingerprint density at radius 2 is 1.90 bits per heavy atom. The van der Waals surface area contributed by atoms with E-state index >= 15 is 0 Å². The second-order valence-electron chi connectivity index (χ2n) is 10.1. The first-order chi connectivity index (χ1) is 18.4. The van der Waals surface area contributed by atoms with Crippen molar-refractivity contribution in [3.8, 4) is 0 Å². The number of aromatic nitrogens is 1. The Balaban J connectivity index is 1.46. The van der Waals surface area contributed by atoms with E-state index < -0.39 is 27.5 Å². The summed E-state index contributed by atoms with van der Waals surface area (Å²) in [5.41, 5.74) is -1.11. The third kappa shape index (κ3) is 7.69. The molecule has 9 nitrogen and oxygen atoms in total. The summed E-state index contributed by atoms with van der Waals surface area (Å²) in [5.74, 6) is -0.319. The molecule has 3 heterocycles. The predicted octanol–water partition coefficient (Wildman–Crippen LogP) is 3.23. The Labute approximate surface area is 225 Å². The predicted molar refractivity (Wildman–Crippen MR) is 140 cm³/mol. The number of nitrogens with zero attached hydrogens (tertiary/aromatic N) is 2. The summed E-state index contributed by atoms with van der Waals surface area (Å²) >= 11 is 0. The van der Waals surface area contributed by atoms with Crippen LogP contribution in [-0.2, 0) is 20.8 Å². The highest BCUT2D eigenvalue weighted by Crippen LogP contribution is 2.32. The number of alkyl halides is 3. The molecule has 0 bridgehead atoms. The third-order valence-electron chi connectivity index (χ3n) is 7.02. The first-order valence-electron chi connectivity index (χ1n) is 12.8. The summed E-state index contributed by atoms with van der Waals surface area (Å²) in [4.78, 5) is 31.5. The van der Waals surface area contributed by atoms with Gasteiger partial charge in [0.25, 0.3) is 5.91 Å². The molecule has 0 aliphatic carbocycles. The number of pyridine rings is 1. The summed E-state index contributed by atoms with van der Waals surface area (Å²) in [7, 11) is -3.66. The molecule has 2 aliphatic rings. The van der Waals surface area contributed by atoms with Crippen LogP contribution in [0.1, 0.15) is 48.0 Å². The Hall–Kier alpha value is -3.19. The summed E-state index contributed by atoms with van der Waals surface area (Å²) < 4.78 is 63.7. The minimum absolute atomic E-state index is 0.0202. The van der Waals surface area contributed by atoms with Crippen molar-refractivity contribution < 1.29 is 31.2 Å². The fourth-order valence-corrected chi connectivity index (χ4v) is 5.47. The average Bonchev–Trinajstić information content (AvgIpc) is 2.89. The molecule has 4 rings (SSSR count). The number of nitrogens with one attached hydrogen (secondary N) is 3. The van der Waals surface area contributed by atoms with Crippen molar-refractivity contribution >= 4 is 33.2 Å². The number of sulfone groups is 1. The number of hydrogen-bond donors (Lipinski definition) is 3. The number of amides is 2. The molecular weight excluding hydrogens is 535 g/mol. The lowest BCUT2D eigenvalue weighted by molar-refractivity contribution is -0.137. The second kappa shape index (κ2) is 11.9. The molecule has 2 fully saturated rings. The Bertz CT molecular complexity index is 1300. The van der Waals surface area contributed by atoms with E-state index in [0.717, 1.165) is 50.4 Å². The Kier molecular flexibility index (Phi) is 8.80. The molecule has 2 amide bonds. The van der Waals surface area contributed by atoms with Crippen molar-refractivity contribution in [2.24, 2.45) is 5.92 Å². The van der Waals surface area contributed by atoms with E-state index in [2.05, 4.69) is 20.9 Å². The fourth-order valence-electron chi connectivity index (χ4n) is 4.89. The van der Waals surface area contributed by atoms with Gasteiger partial charge in [0.2, 0.25) is 5.91 Å². The van der Waals surface area contributed by atoms with Crippen LogP contribution in [0.25, 0.3) is 0 Å². The molecule has 1 aromatic heterocycles. The fraction of sp³-hybridized carbons (Fsp3) is 0.500. The first-order valence-corrected chi connectivity index (χ1v) is 14.7. The van der Waals surface area contributed by atoms with Crippen LogP contribution in [0.15, 0.2) is 41.4 Å². The molecule has 1 unspecified atom stereocenters. The zero-order valence-electron chi connectivity index (χ0n) is 21.6. The van der Waals surface area contributed by atoms with Gasteiger partial charge in [0.15, 0.2) is 15.7 Å². The molecule has 2 aliphatic heterocycles. The SMILES string of the molecule is CS(=O)(=O)c1cnc(N2CCC(CC(=O)NC3CCCNC3)CC2)c(NC(=O)c2cccc(C(F)(F)F)c2)c1. The quantitative estimate of drug-likeness (QED) is 0.470. The van der Waals surface area contributed by atoms with E-state index in [-0.39, 0.29) is 34.0 Å². The van der Waals surface area contributed by atoms with Crippen LogP contribution < -0.4 is 20.9 Å². The molecule has 3 N–H and O–H groups in total. The van der Waals surface area contributed by atoms with Gasteiger partial charge in [-0.25, -0.2) is 13.4 Å². The van der Waals surface area contributed by atoms with Gasteiger partial charge in [0, 0.05) is 50.1 Å². The molecule has 1 aromatic carbocycles. The van der Waals surface area contributed by atoms with Gasteiger partial charge in [0.05, 0.1) is 16.1 Å². The monoisotopic (exact) mass is 567 g/mol. The zero-order valence-corrected chi connectivity index (χ0v) is 22.4. The molecule has 0 saturated carbocycles. The minimum atomic E-state index is -4.62. The lowest BCUT2D eigenvalue weighted by atomic mass is 9.93. The molecule has 2 aromatic rings. The van der Waals surface area contributed by atoms with Crippen LogP contribution in [0.2, 0.25) is 0 Å². The number of hydrogen-bond acceptors (Lipinski definition) is 7. The van der Waals surface area contributed by atoms with Crippen molar-refractivity contribution in [1.82, 2.24) is 15.6 Å². The molecular formula is C26H32F3N5O4S. The van der Waals surface area contributed by atoms with Crippen LogP contribution in [0.3, 0.4) is 0 Å². The van der Waals surface area contributed by atoms with E-state index in [4.69, 9.17) is 0 Å². The standard InChI is InChI=1S/C26H32F3N5O4S/c1-39(37,38)21-14-22(33-25(36)18-4-2-5-19(13-18)26(27,28)29)24(31-16-21)34-10-7-17(8-11-34)12-23(35)32-20-6-3-9-30-15-20/h2,4-5,13-14,16-17,20,30H,3,6-12,15H2,1H3,(H,32,35)(H,33,36). The second-order valence-corrected chi connectivity index (χ2v) is 12.1. The van der Waals surface area contributed by atoms with Gasteiger partial charge >= 0.3 is 6.18 Å². The number of rotatable bonds is 7. The lowest BCUT2D eigenvalue weighted by Crippen LogP contribution is -2.46. The van der Waals surface area contributed by atoms with Crippen molar-refractivity contribution in [3.05, 3.63) is 47.7 Å². The van der Waals surface area contributed by atoms with E-state index in [0.29, 0.717) is 38.2 Å². The molecule has 39 heavy (non-hydrogen) atoms. The molecule has 13 heteroatoms. The van der Waals surface area contributed by atoms with Crippen LogP contribution >= 0.6 is 0 Å². The van der Waals surface area contributed by atoms with E-state index in [1.165, 1.54) is 18.3 Å². The number of piperidine rings is 2. The van der Waals surface area contributed by atoms with Gasteiger partial charge < -0.3 is 20.9 Å². The zero-order chi connectivity index (χ0) is 28.2. The van der Waals surface area contributed by atoms with Gasteiger partial charge in [-0.2, -0.15) is 13.2 Å². The highest BCUT2D eigenvalue weighted by atomic mass is 32.2. The minimum Gasteiger partial charge on any atom is -0.355 e. The van der Waals surface area contributed by atoms with Crippen LogP contribution in [0.5, 0.6) is 0 Å². The summed E-state index contributed by atoms with van der Waals surface area (Å²) in [6.07, 6.45) is 1.35. The van der Waals surface area contributed by atoms with Gasteiger partial charge in [-0.05, 0) is 62.4 Å². The van der Waals surface area contributed by atoms with E-state index in [1.807, 2.05) is 4.90 Å². The molecule has 0 radical (unpaired) electrons. The Morgan fingerprint density at radius 3 is 2.54 bits per heavy atom. The van der Waals surface area contributed by atoms with Crippen molar-refractivity contribution in [2.75, 3.05) is 42.7 Å². The number of carbonyl (C=O) groups is 2. The highest BCUT2D eigenvalue weighted by molar-refractivity contribution is 7.90. The van der Waals surface area contributed by atoms with Crippen molar-refractivity contribution in [2.45, 2.75) is 49.2 Å². The maximum Gasteiger partial charge on any atom is 0.416 e. The topological polar surface area (TPSA) is 120 Å². The number of halogens is 3.